The first-order valence-corrected chi connectivity index (χ1v) is 7.51. The fraction of sp³-hybridized carbons (Fsp3) is 0.278. The number of ether oxygens (including phenoxy) is 3. The van der Waals surface area contributed by atoms with Crippen LogP contribution in [0.4, 0.5) is 4.39 Å². The first-order valence-electron chi connectivity index (χ1n) is 7.51. The molecule has 7 heteroatoms. The van der Waals surface area contributed by atoms with Gasteiger partial charge in [-0.25, -0.2) is 4.39 Å². The number of carbonyl (C=O) groups is 1. The van der Waals surface area contributed by atoms with Gasteiger partial charge in [-0.15, -0.1) is 0 Å². The number of amides is 1. The van der Waals surface area contributed by atoms with Crippen LogP contribution in [0.25, 0.3) is 0 Å². The van der Waals surface area contributed by atoms with Crippen molar-refractivity contribution in [3.63, 3.8) is 0 Å². The van der Waals surface area contributed by atoms with Crippen molar-refractivity contribution in [2.45, 2.75) is 6.10 Å². The zero-order chi connectivity index (χ0) is 18.4. The molecular weight excluding hydrogens is 329 g/mol. The second kappa shape index (κ2) is 8.34. The molecule has 0 unspecified atom stereocenters. The summed E-state index contributed by atoms with van der Waals surface area (Å²) in [6, 6.07) is 8.86. The largest absolute Gasteiger partial charge is 0.494 e. The molecule has 1 amide bonds. The predicted molar refractivity (Wildman–Crippen MR) is 89.8 cm³/mol. The Kier molecular flexibility index (Phi) is 6.19. The summed E-state index contributed by atoms with van der Waals surface area (Å²) in [5.74, 6) is -0.0580. The number of aliphatic hydroxyl groups is 1. The smallest absolute Gasteiger partial charge is 0.251 e. The average molecular weight is 349 g/mol. The minimum absolute atomic E-state index is 0.0397. The summed E-state index contributed by atoms with van der Waals surface area (Å²) in [5, 5.41) is 12.8. The summed E-state index contributed by atoms with van der Waals surface area (Å²) >= 11 is 0. The molecule has 2 N–H and O–H groups in total. The van der Waals surface area contributed by atoms with Gasteiger partial charge >= 0.3 is 0 Å². The van der Waals surface area contributed by atoms with Gasteiger partial charge in [-0.2, -0.15) is 0 Å². The number of benzene rings is 2. The van der Waals surface area contributed by atoms with E-state index in [9.17, 15) is 14.3 Å². The van der Waals surface area contributed by atoms with Crippen molar-refractivity contribution >= 4 is 5.91 Å². The van der Waals surface area contributed by atoms with Gasteiger partial charge < -0.3 is 24.6 Å². The normalized spacial score (nSPS) is 11.6. The Labute approximate surface area is 145 Å². The van der Waals surface area contributed by atoms with Gasteiger partial charge in [0.15, 0.2) is 23.1 Å². The lowest BCUT2D eigenvalue weighted by atomic mass is 10.1. The van der Waals surface area contributed by atoms with Crippen LogP contribution >= 0.6 is 0 Å². The third-order valence-electron chi connectivity index (χ3n) is 3.66. The van der Waals surface area contributed by atoms with Crippen LogP contribution in [0.15, 0.2) is 36.4 Å². The number of rotatable bonds is 7. The van der Waals surface area contributed by atoms with E-state index in [1.54, 1.807) is 18.2 Å². The van der Waals surface area contributed by atoms with Gasteiger partial charge in [-0.3, -0.25) is 4.79 Å². The summed E-state index contributed by atoms with van der Waals surface area (Å²) in [5.41, 5.74) is 0.691. The SMILES string of the molecule is COc1ccc(C(=O)NC[C@@H](O)c2ccc(OC)c(OC)c2)cc1F. The van der Waals surface area contributed by atoms with E-state index in [4.69, 9.17) is 14.2 Å². The molecule has 0 heterocycles. The van der Waals surface area contributed by atoms with E-state index in [1.807, 2.05) is 0 Å². The van der Waals surface area contributed by atoms with Gasteiger partial charge in [-0.1, -0.05) is 6.07 Å². The predicted octanol–water partition coefficient (Wildman–Crippen LogP) is 2.31. The van der Waals surface area contributed by atoms with Crippen LogP contribution in [-0.4, -0.2) is 38.9 Å². The number of hydrogen-bond acceptors (Lipinski definition) is 5. The average Bonchev–Trinajstić information content (AvgIpc) is 2.64. The van der Waals surface area contributed by atoms with Crippen LogP contribution in [-0.2, 0) is 0 Å². The molecular formula is C18H20FNO5. The summed E-state index contributed by atoms with van der Waals surface area (Å²) in [6.07, 6.45) is -0.952. The highest BCUT2D eigenvalue weighted by Crippen LogP contribution is 2.29. The van der Waals surface area contributed by atoms with E-state index in [-0.39, 0.29) is 17.9 Å². The molecule has 0 spiro atoms. The van der Waals surface area contributed by atoms with Crippen molar-refractivity contribution in [2.24, 2.45) is 0 Å². The van der Waals surface area contributed by atoms with Crippen molar-refractivity contribution < 1.29 is 28.5 Å². The molecule has 0 radical (unpaired) electrons. The molecule has 0 aliphatic rings. The Morgan fingerprint density at radius 3 is 2.28 bits per heavy atom. The van der Waals surface area contributed by atoms with Crippen LogP contribution in [0, 0.1) is 5.82 Å². The van der Waals surface area contributed by atoms with E-state index in [1.165, 1.54) is 33.5 Å². The van der Waals surface area contributed by atoms with Gasteiger partial charge in [0, 0.05) is 12.1 Å². The van der Waals surface area contributed by atoms with Gasteiger partial charge in [0.05, 0.1) is 27.4 Å². The fourth-order valence-corrected chi connectivity index (χ4v) is 2.28. The van der Waals surface area contributed by atoms with Crippen molar-refractivity contribution in [1.29, 1.82) is 0 Å². The third-order valence-corrected chi connectivity index (χ3v) is 3.66. The topological polar surface area (TPSA) is 77.0 Å². The molecule has 6 nitrogen and oxygen atoms in total. The van der Waals surface area contributed by atoms with Crippen LogP contribution in [0.5, 0.6) is 17.2 Å². The van der Waals surface area contributed by atoms with Crippen molar-refractivity contribution in [3.8, 4) is 17.2 Å². The second-order valence-electron chi connectivity index (χ2n) is 5.19. The minimum atomic E-state index is -0.952. The van der Waals surface area contributed by atoms with Gasteiger partial charge in [0.25, 0.3) is 5.91 Å². The van der Waals surface area contributed by atoms with Gasteiger partial charge in [0.2, 0.25) is 0 Å². The van der Waals surface area contributed by atoms with Crippen molar-refractivity contribution in [3.05, 3.63) is 53.3 Å². The fourth-order valence-electron chi connectivity index (χ4n) is 2.28. The highest BCUT2D eigenvalue weighted by Gasteiger charge is 2.15. The molecule has 2 aromatic carbocycles. The Hall–Kier alpha value is -2.80. The second-order valence-corrected chi connectivity index (χ2v) is 5.19. The number of halogens is 1. The molecule has 0 aliphatic carbocycles. The van der Waals surface area contributed by atoms with Crippen LogP contribution in [0.3, 0.4) is 0 Å². The molecule has 134 valence electrons. The highest BCUT2D eigenvalue weighted by atomic mass is 19.1. The quantitative estimate of drug-likeness (QED) is 0.802. The van der Waals surface area contributed by atoms with Gasteiger partial charge in [0.1, 0.15) is 0 Å². The maximum absolute atomic E-state index is 13.6. The van der Waals surface area contributed by atoms with E-state index in [0.717, 1.165) is 6.07 Å². The zero-order valence-corrected chi connectivity index (χ0v) is 14.2. The first-order chi connectivity index (χ1) is 12.0. The number of nitrogens with one attached hydrogen (secondary N) is 1. The van der Waals surface area contributed by atoms with Crippen molar-refractivity contribution in [1.82, 2.24) is 5.32 Å². The lowest BCUT2D eigenvalue weighted by molar-refractivity contribution is 0.0915. The summed E-state index contributed by atoms with van der Waals surface area (Å²) in [7, 11) is 4.35. The highest BCUT2D eigenvalue weighted by molar-refractivity contribution is 5.94. The number of hydrogen-bond donors (Lipinski definition) is 2. The maximum atomic E-state index is 13.6. The molecule has 25 heavy (non-hydrogen) atoms. The zero-order valence-electron chi connectivity index (χ0n) is 14.2. The summed E-state index contributed by atoms with van der Waals surface area (Å²) in [6.45, 7) is -0.0397. The third kappa shape index (κ3) is 4.39. The first kappa shape index (κ1) is 18.5. The Bertz CT molecular complexity index is 750. The lowest BCUT2D eigenvalue weighted by Crippen LogP contribution is -2.28. The molecule has 0 aromatic heterocycles. The van der Waals surface area contributed by atoms with Crippen LogP contribution in [0.2, 0.25) is 0 Å². The summed E-state index contributed by atoms with van der Waals surface area (Å²) < 4.78 is 28.8. The standard InChI is InChI=1S/C18H20FNO5/c1-23-15-6-5-12(8-13(15)19)18(22)20-10-14(21)11-4-7-16(24-2)17(9-11)25-3/h4-9,14,21H,10H2,1-3H3,(H,20,22)/t14-/m1/s1. The van der Waals surface area contributed by atoms with E-state index in [0.29, 0.717) is 17.1 Å². The summed E-state index contributed by atoms with van der Waals surface area (Å²) in [4.78, 5) is 12.1. The molecule has 0 bridgehead atoms. The molecule has 0 saturated heterocycles. The maximum Gasteiger partial charge on any atom is 0.251 e. The molecule has 2 rings (SSSR count). The van der Waals surface area contributed by atoms with Crippen LogP contribution in [0.1, 0.15) is 22.0 Å². The van der Waals surface area contributed by atoms with E-state index in [2.05, 4.69) is 5.32 Å². The minimum Gasteiger partial charge on any atom is -0.494 e. The Balaban J connectivity index is 2.03. The molecule has 0 aliphatic heterocycles. The Morgan fingerprint density at radius 2 is 1.68 bits per heavy atom. The van der Waals surface area contributed by atoms with Gasteiger partial charge in [-0.05, 0) is 35.9 Å². The molecule has 2 aromatic rings. The molecule has 1 atom stereocenters. The number of carbonyl (C=O) groups excluding carboxylic acids is 1. The lowest BCUT2D eigenvalue weighted by Gasteiger charge is -2.15. The number of aliphatic hydroxyl groups excluding tert-OH is 1. The van der Waals surface area contributed by atoms with E-state index < -0.39 is 17.8 Å². The monoisotopic (exact) mass is 349 g/mol. The molecule has 0 saturated carbocycles. The number of methoxy groups -OCH3 is 3. The van der Waals surface area contributed by atoms with Crippen molar-refractivity contribution in [2.75, 3.05) is 27.9 Å². The Morgan fingerprint density at radius 1 is 1.04 bits per heavy atom. The molecule has 0 fully saturated rings. The van der Waals surface area contributed by atoms with E-state index >= 15 is 0 Å². The van der Waals surface area contributed by atoms with Crippen LogP contribution < -0.4 is 19.5 Å².